The van der Waals surface area contributed by atoms with Crippen LogP contribution >= 0.6 is 0 Å². The van der Waals surface area contributed by atoms with Crippen molar-refractivity contribution in [1.82, 2.24) is 14.8 Å². The zero-order valence-electron chi connectivity index (χ0n) is 10.1. The van der Waals surface area contributed by atoms with E-state index in [1.807, 2.05) is 29.8 Å². The summed E-state index contributed by atoms with van der Waals surface area (Å²) in [6, 6.07) is 8.34. The van der Waals surface area contributed by atoms with Gasteiger partial charge in [-0.1, -0.05) is 12.1 Å². The number of nitrogens with two attached hydrogens (primary N) is 1. The van der Waals surface area contributed by atoms with Crippen LogP contribution in [0.25, 0.3) is 11.4 Å². The van der Waals surface area contributed by atoms with Gasteiger partial charge in [0.2, 0.25) is 0 Å². The molecular formula is C12H17N5. The van der Waals surface area contributed by atoms with Gasteiger partial charge in [-0.15, -0.1) is 10.2 Å². The molecule has 0 aliphatic rings. The number of nitrogens with one attached hydrogen (secondary N) is 1. The highest BCUT2D eigenvalue weighted by atomic mass is 15.2. The first-order valence-electron chi connectivity index (χ1n) is 5.61. The first kappa shape index (κ1) is 11.6. The Morgan fingerprint density at radius 2 is 2.29 bits per heavy atom. The molecular weight excluding hydrogens is 214 g/mol. The molecule has 3 N–H and O–H groups in total. The number of nitrogens with zero attached hydrogens (tertiary/aromatic N) is 3. The first-order valence-corrected chi connectivity index (χ1v) is 5.61. The van der Waals surface area contributed by atoms with E-state index in [1.54, 1.807) is 6.33 Å². The van der Waals surface area contributed by atoms with Crippen molar-refractivity contribution in [2.75, 3.05) is 11.9 Å². The third kappa shape index (κ3) is 2.62. The maximum atomic E-state index is 5.59. The Morgan fingerprint density at radius 1 is 1.47 bits per heavy atom. The monoisotopic (exact) mass is 231 g/mol. The van der Waals surface area contributed by atoms with Crippen LogP contribution < -0.4 is 11.1 Å². The molecule has 5 nitrogen and oxygen atoms in total. The summed E-state index contributed by atoms with van der Waals surface area (Å²) in [7, 11) is 1.93. The fourth-order valence-electron chi connectivity index (χ4n) is 1.64. The lowest BCUT2D eigenvalue weighted by Crippen LogP contribution is -2.25. The van der Waals surface area contributed by atoms with Gasteiger partial charge in [0.05, 0.1) is 0 Å². The van der Waals surface area contributed by atoms with Gasteiger partial charge in [-0.2, -0.15) is 0 Å². The molecule has 1 aromatic carbocycles. The SMILES string of the molecule is CC(CN)Nc1cccc(-c2nncn2C)c1. The van der Waals surface area contributed by atoms with E-state index in [1.165, 1.54) is 0 Å². The van der Waals surface area contributed by atoms with Crippen LogP contribution in [-0.2, 0) is 7.05 Å². The van der Waals surface area contributed by atoms with E-state index in [2.05, 4.69) is 28.5 Å². The average Bonchev–Trinajstić information content (AvgIpc) is 2.75. The van der Waals surface area contributed by atoms with E-state index in [-0.39, 0.29) is 6.04 Å². The molecule has 0 fully saturated rings. The number of hydrogen-bond donors (Lipinski definition) is 2. The highest BCUT2D eigenvalue weighted by Crippen LogP contribution is 2.20. The standard InChI is InChI=1S/C12H17N5/c1-9(7-13)15-11-5-3-4-10(6-11)12-16-14-8-17(12)2/h3-6,8-9,15H,7,13H2,1-2H3. The summed E-state index contributed by atoms with van der Waals surface area (Å²) in [4.78, 5) is 0. The molecule has 0 radical (unpaired) electrons. The van der Waals surface area contributed by atoms with Crippen LogP contribution in [0, 0.1) is 0 Å². The van der Waals surface area contributed by atoms with Gasteiger partial charge in [-0.25, -0.2) is 0 Å². The van der Waals surface area contributed by atoms with E-state index < -0.39 is 0 Å². The van der Waals surface area contributed by atoms with Crippen LogP contribution in [0.1, 0.15) is 6.92 Å². The zero-order valence-corrected chi connectivity index (χ0v) is 10.1. The van der Waals surface area contributed by atoms with Crippen molar-refractivity contribution in [3.8, 4) is 11.4 Å². The van der Waals surface area contributed by atoms with Crippen molar-refractivity contribution in [3.05, 3.63) is 30.6 Å². The smallest absolute Gasteiger partial charge is 0.163 e. The predicted molar refractivity (Wildman–Crippen MR) is 68.6 cm³/mol. The van der Waals surface area contributed by atoms with Gasteiger partial charge in [-0.05, 0) is 19.1 Å². The summed E-state index contributed by atoms with van der Waals surface area (Å²) in [5.41, 5.74) is 7.67. The number of rotatable bonds is 4. The van der Waals surface area contributed by atoms with E-state index in [9.17, 15) is 0 Å². The van der Waals surface area contributed by atoms with Gasteiger partial charge in [0.15, 0.2) is 5.82 Å². The fourth-order valence-corrected chi connectivity index (χ4v) is 1.64. The van der Waals surface area contributed by atoms with Crippen LogP contribution in [0.5, 0.6) is 0 Å². The Morgan fingerprint density at radius 3 is 2.94 bits per heavy atom. The number of hydrogen-bond acceptors (Lipinski definition) is 4. The molecule has 1 atom stereocenters. The summed E-state index contributed by atoms with van der Waals surface area (Å²) >= 11 is 0. The lowest BCUT2D eigenvalue weighted by Gasteiger charge is -2.13. The Kier molecular flexibility index (Phi) is 3.39. The van der Waals surface area contributed by atoms with Crippen molar-refractivity contribution in [2.24, 2.45) is 12.8 Å². The zero-order chi connectivity index (χ0) is 12.3. The van der Waals surface area contributed by atoms with E-state index >= 15 is 0 Å². The number of aryl methyl sites for hydroxylation is 1. The summed E-state index contributed by atoms with van der Waals surface area (Å²) in [6.07, 6.45) is 1.69. The normalized spacial score (nSPS) is 12.4. The topological polar surface area (TPSA) is 68.8 Å². The van der Waals surface area contributed by atoms with Gasteiger partial charge in [0, 0.05) is 30.9 Å². The molecule has 0 bridgehead atoms. The minimum absolute atomic E-state index is 0.254. The summed E-state index contributed by atoms with van der Waals surface area (Å²) in [5, 5.41) is 11.3. The third-order valence-electron chi connectivity index (χ3n) is 2.60. The minimum atomic E-state index is 0.254. The second-order valence-electron chi connectivity index (χ2n) is 4.13. The molecule has 90 valence electrons. The maximum absolute atomic E-state index is 5.59. The molecule has 1 aromatic heterocycles. The predicted octanol–water partition coefficient (Wildman–Crippen LogP) is 1.24. The van der Waals surface area contributed by atoms with Crippen molar-refractivity contribution >= 4 is 5.69 Å². The molecule has 2 rings (SSSR count). The van der Waals surface area contributed by atoms with Gasteiger partial charge in [0.25, 0.3) is 0 Å². The van der Waals surface area contributed by atoms with Gasteiger partial charge in [-0.3, -0.25) is 0 Å². The summed E-state index contributed by atoms with van der Waals surface area (Å²) < 4.78 is 1.89. The van der Waals surface area contributed by atoms with Gasteiger partial charge < -0.3 is 15.6 Å². The number of benzene rings is 1. The van der Waals surface area contributed by atoms with Crippen LogP contribution in [0.2, 0.25) is 0 Å². The van der Waals surface area contributed by atoms with Crippen LogP contribution in [0.3, 0.4) is 0 Å². The Labute approximate surface area is 101 Å². The lowest BCUT2D eigenvalue weighted by atomic mass is 10.1. The average molecular weight is 231 g/mol. The fraction of sp³-hybridized carbons (Fsp3) is 0.333. The third-order valence-corrected chi connectivity index (χ3v) is 2.60. The minimum Gasteiger partial charge on any atom is -0.381 e. The highest BCUT2D eigenvalue weighted by Gasteiger charge is 2.06. The van der Waals surface area contributed by atoms with Crippen LogP contribution in [0.15, 0.2) is 30.6 Å². The molecule has 0 saturated heterocycles. The first-order chi connectivity index (χ1) is 8.20. The van der Waals surface area contributed by atoms with Crippen molar-refractivity contribution in [2.45, 2.75) is 13.0 Å². The number of aromatic nitrogens is 3. The van der Waals surface area contributed by atoms with Crippen LogP contribution in [0.4, 0.5) is 5.69 Å². The molecule has 0 spiro atoms. The maximum Gasteiger partial charge on any atom is 0.163 e. The lowest BCUT2D eigenvalue weighted by molar-refractivity contribution is 0.804. The molecule has 0 aliphatic carbocycles. The van der Waals surface area contributed by atoms with Crippen molar-refractivity contribution < 1.29 is 0 Å². The van der Waals surface area contributed by atoms with E-state index in [4.69, 9.17) is 5.73 Å². The highest BCUT2D eigenvalue weighted by molar-refractivity contribution is 5.62. The Bertz CT molecular complexity index is 491. The molecule has 1 unspecified atom stereocenters. The van der Waals surface area contributed by atoms with Gasteiger partial charge in [0.1, 0.15) is 6.33 Å². The molecule has 5 heteroatoms. The quantitative estimate of drug-likeness (QED) is 0.830. The molecule has 17 heavy (non-hydrogen) atoms. The number of anilines is 1. The van der Waals surface area contributed by atoms with Gasteiger partial charge >= 0.3 is 0 Å². The molecule has 0 amide bonds. The van der Waals surface area contributed by atoms with Crippen molar-refractivity contribution in [1.29, 1.82) is 0 Å². The molecule has 1 heterocycles. The second kappa shape index (κ2) is 4.97. The largest absolute Gasteiger partial charge is 0.381 e. The van der Waals surface area contributed by atoms with E-state index in [0.29, 0.717) is 6.54 Å². The molecule has 0 saturated carbocycles. The molecule has 0 aliphatic heterocycles. The Hall–Kier alpha value is -1.88. The Balaban J connectivity index is 2.26. The molecule has 2 aromatic rings. The second-order valence-corrected chi connectivity index (χ2v) is 4.13. The van der Waals surface area contributed by atoms with E-state index in [0.717, 1.165) is 17.1 Å². The van der Waals surface area contributed by atoms with Crippen LogP contribution in [-0.4, -0.2) is 27.4 Å². The summed E-state index contributed by atoms with van der Waals surface area (Å²) in [5.74, 6) is 0.856. The van der Waals surface area contributed by atoms with Crippen molar-refractivity contribution in [3.63, 3.8) is 0 Å². The summed E-state index contributed by atoms with van der Waals surface area (Å²) in [6.45, 7) is 2.66.